The van der Waals surface area contributed by atoms with Gasteiger partial charge in [-0.25, -0.2) is 9.97 Å². The molecule has 3 rings (SSSR count). The van der Waals surface area contributed by atoms with E-state index < -0.39 is 14.4 Å². The van der Waals surface area contributed by atoms with Gasteiger partial charge in [0.1, 0.15) is 18.0 Å². The van der Waals surface area contributed by atoms with E-state index in [1.807, 2.05) is 6.07 Å². The molecule has 1 aliphatic rings. The molecule has 9 nitrogen and oxygen atoms in total. The van der Waals surface area contributed by atoms with Gasteiger partial charge >= 0.3 is 8.25 Å². The van der Waals surface area contributed by atoms with Crippen LogP contribution in [0.4, 0.5) is 11.6 Å². The van der Waals surface area contributed by atoms with E-state index in [0.29, 0.717) is 30.0 Å². The molecule has 0 spiro atoms. The Morgan fingerprint density at radius 2 is 1.96 bits per heavy atom. The third-order valence-corrected chi connectivity index (χ3v) is 4.92. The highest BCUT2D eigenvalue weighted by Crippen LogP contribution is 2.35. The first-order valence-electron chi connectivity index (χ1n) is 8.50. The van der Waals surface area contributed by atoms with E-state index in [-0.39, 0.29) is 24.5 Å². The fourth-order valence-electron chi connectivity index (χ4n) is 3.16. The van der Waals surface area contributed by atoms with Gasteiger partial charge in [-0.05, 0) is 25.0 Å². The number of amides is 1. The van der Waals surface area contributed by atoms with Crippen molar-refractivity contribution in [3.63, 3.8) is 0 Å². The Kier molecular flexibility index (Phi) is 6.52. The lowest BCUT2D eigenvalue weighted by Crippen LogP contribution is -2.19. The Bertz CT molecular complexity index is 807. The molecule has 0 aliphatic heterocycles. The predicted molar refractivity (Wildman–Crippen MR) is 99.7 cm³/mol. The van der Waals surface area contributed by atoms with Crippen LogP contribution in [0.2, 0.25) is 0 Å². The van der Waals surface area contributed by atoms with E-state index in [9.17, 15) is 14.5 Å². The second-order valence-electron chi connectivity index (χ2n) is 6.29. The molecule has 1 amide bonds. The van der Waals surface area contributed by atoms with Gasteiger partial charge in [-0.1, -0.05) is 18.2 Å². The van der Waals surface area contributed by atoms with Crippen LogP contribution in [0.5, 0.6) is 0 Å². The van der Waals surface area contributed by atoms with Crippen molar-refractivity contribution in [1.29, 1.82) is 0 Å². The molecule has 1 aromatic heterocycles. The highest BCUT2D eigenvalue weighted by Gasteiger charge is 2.35. The van der Waals surface area contributed by atoms with Gasteiger partial charge in [0.25, 0.3) is 5.91 Å². The third-order valence-electron chi connectivity index (χ3n) is 4.41. The Balaban J connectivity index is 1.62. The van der Waals surface area contributed by atoms with Crippen LogP contribution in [0.15, 0.2) is 42.7 Å². The van der Waals surface area contributed by atoms with E-state index in [4.69, 9.17) is 9.42 Å². The van der Waals surface area contributed by atoms with Crippen molar-refractivity contribution in [2.75, 3.05) is 17.2 Å². The number of hydrogen-bond acceptors (Lipinski definition) is 7. The highest BCUT2D eigenvalue weighted by atomic mass is 31.1. The summed E-state index contributed by atoms with van der Waals surface area (Å²) in [5, 5.41) is 15.3. The Morgan fingerprint density at radius 1 is 1.22 bits per heavy atom. The lowest BCUT2D eigenvalue weighted by Gasteiger charge is -2.15. The van der Waals surface area contributed by atoms with Crippen molar-refractivity contribution < 1.29 is 23.9 Å². The number of carbonyl (C=O) groups excluding carboxylic acids is 1. The lowest BCUT2D eigenvalue weighted by atomic mass is 10.1. The molecular formula is C17H21N4O5P. The SMILES string of the molecule is O=C(Nc1cc(N[C@@H]2C[C@H](CO)[C@@H](O[PH](=O)O)C2)ncn1)c1ccccc1. The number of carbonyl (C=O) groups is 1. The van der Waals surface area contributed by atoms with E-state index in [2.05, 4.69) is 20.6 Å². The average molecular weight is 392 g/mol. The number of nitrogens with zero attached hydrogens (tertiary/aromatic N) is 2. The predicted octanol–water partition coefficient (Wildman–Crippen LogP) is 1.68. The molecule has 1 aromatic carbocycles. The van der Waals surface area contributed by atoms with Crippen LogP contribution >= 0.6 is 8.25 Å². The van der Waals surface area contributed by atoms with Crippen molar-refractivity contribution in [2.45, 2.75) is 25.0 Å². The molecular weight excluding hydrogens is 371 g/mol. The van der Waals surface area contributed by atoms with Gasteiger partial charge in [0.2, 0.25) is 0 Å². The maximum Gasteiger partial charge on any atom is 0.316 e. The number of anilines is 2. The normalized spacial score (nSPS) is 23.0. The minimum absolute atomic E-state index is 0.0823. The number of nitrogens with one attached hydrogen (secondary N) is 2. The topological polar surface area (TPSA) is 134 Å². The van der Waals surface area contributed by atoms with E-state index in [1.165, 1.54) is 6.33 Å². The maximum absolute atomic E-state index is 12.2. The fourth-order valence-corrected chi connectivity index (χ4v) is 3.71. The van der Waals surface area contributed by atoms with Crippen molar-refractivity contribution in [2.24, 2.45) is 5.92 Å². The van der Waals surface area contributed by atoms with Gasteiger partial charge in [-0.15, -0.1) is 0 Å². The van der Waals surface area contributed by atoms with Crippen LogP contribution in [-0.2, 0) is 9.09 Å². The summed E-state index contributed by atoms with van der Waals surface area (Å²) in [4.78, 5) is 29.4. The van der Waals surface area contributed by atoms with Crippen LogP contribution < -0.4 is 10.6 Å². The number of aliphatic hydroxyl groups excluding tert-OH is 1. The summed E-state index contributed by atoms with van der Waals surface area (Å²) >= 11 is 0. The first-order chi connectivity index (χ1) is 13.0. The van der Waals surface area contributed by atoms with Gasteiger partial charge in [0.05, 0.1) is 6.10 Å². The van der Waals surface area contributed by atoms with Crippen molar-refractivity contribution in [1.82, 2.24) is 9.97 Å². The second kappa shape index (κ2) is 9.05. The molecule has 1 aliphatic carbocycles. The average Bonchev–Trinajstić information content (AvgIpc) is 3.03. The van der Waals surface area contributed by atoms with Gasteiger partial charge in [0.15, 0.2) is 0 Å². The number of aromatic nitrogens is 2. The van der Waals surface area contributed by atoms with Gasteiger partial charge in [0, 0.05) is 30.2 Å². The summed E-state index contributed by atoms with van der Waals surface area (Å²) in [6.45, 7) is -0.125. The molecule has 0 saturated heterocycles. The molecule has 1 saturated carbocycles. The zero-order valence-electron chi connectivity index (χ0n) is 14.4. The van der Waals surface area contributed by atoms with Crippen LogP contribution in [0.1, 0.15) is 23.2 Å². The fraction of sp³-hybridized carbons (Fsp3) is 0.353. The van der Waals surface area contributed by atoms with E-state index in [0.717, 1.165) is 0 Å². The molecule has 1 unspecified atom stereocenters. The van der Waals surface area contributed by atoms with Crippen LogP contribution in [0.25, 0.3) is 0 Å². The summed E-state index contributed by atoms with van der Waals surface area (Å²) in [5.74, 6) is 0.365. The zero-order chi connectivity index (χ0) is 19.2. The van der Waals surface area contributed by atoms with E-state index >= 15 is 0 Å². The summed E-state index contributed by atoms with van der Waals surface area (Å²) < 4.78 is 16.0. The van der Waals surface area contributed by atoms with Crippen LogP contribution in [-0.4, -0.2) is 44.6 Å². The highest BCUT2D eigenvalue weighted by molar-refractivity contribution is 7.32. The maximum atomic E-state index is 12.2. The molecule has 4 atom stereocenters. The van der Waals surface area contributed by atoms with Gasteiger partial charge < -0.3 is 25.2 Å². The Labute approximate surface area is 156 Å². The molecule has 27 heavy (non-hydrogen) atoms. The zero-order valence-corrected chi connectivity index (χ0v) is 15.4. The summed E-state index contributed by atoms with van der Waals surface area (Å²) in [5.41, 5.74) is 0.520. The van der Waals surface area contributed by atoms with Crippen molar-refractivity contribution in [3.05, 3.63) is 48.3 Å². The minimum Gasteiger partial charge on any atom is -0.396 e. The largest absolute Gasteiger partial charge is 0.396 e. The number of benzene rings is 1. The molecule has 144 valence electrons. The third kappa shape index (κ3) is 5.33. The number of rotatable bonds is 7. The molecule has 1 fully saturated rings. The lowest BCUT2D eigenvalue weighted by molar-refractivity contribution is 0.102. The van der Waals surface area contributed by atoms with Crippen molar-refractivity contribution >= 4 is 25.8 Å². The Hall–Kier alpha value is -2.32. The molecule has 4 N–H and O–H groups in total. The summed E-state index contributed by atoms with van der Waals surface area (Å²) in [6, 6.07) is 10.3. The second-order valence-corrected chi connectivity index (χ2v) is 7.05. The molecule has 2 aromatic rings. The summed E-state index contributed by atoms with van der Waals surface area (Å²) in [7, 11) is -3.06. The van der Waals surface area contributed by atoms with Gasteiger partial charge in [-0.3, -0.25) is 9.36 Å². The molecule has 0 bridgehead atoms. The summed E-state index contributed by atoms with van der Waals surface area (Å²) in [6.07, 6.45) is 1.90. The quantitative estimate of drug-likeness (QED) is 0.523. The monoisotopic (exact) mass is 392 g/mol. The smallest absolute Gasteiger partial charge is 0.316 e. The molecule has 0 radical (unpaired) electrons. The van der Waals surface area contributed by atoms with Crippen molar-refractivity contribution in [3.8, 4) is 0 Å². The minimum atomic E-state index is -3.06. The number of aliphatic hydroxyl groups is 1. The van der Waals surface area contributed by atoms with Crippen LogP contribution in [0, 0.1) is 5.92 Å². The number of hydrogen-bond donors (Lipinski definition) is 4. The van der Waals surface area contributed by atoms with Gasteiger partial charge in [-0.2, -0.15) is 0 Å². The van der Waals surface area contributed by atoms with Crippen LogP contribution in [0.3, 0.4) is 0 Å². The first-order valence-corrected chi connectivity index (χ1v) is 9.77. The van der Waals surface area contributed by atoms with E-state index in [1.54, 1.807) is 30.3 Å². The first kappa shape index (κ1) is 19.4. The molecule has 10 heteroatoms. The molecule has 1 heterocycles. The standard InChI is InChI=1S/C17H21N4O5P/c22-9-12-6-13(7-14(12)26-27(24)25)20-15-8-16(19-10-18-15)21-17(23)11-4-2-1-3-5-11/h1-5,8,10,12-14,22,27H,6-7,9H2,(H,24,25)(H2,18,19,20,21,23)/t12-,13-,14+/m1/s1. The Morgan fingerprint density at radius 3 is 2.67 bits per heavy atom.